The molecule has 0 saturated carbocycles. The normalized spacial score (nSPS) is 26.8. The minimum absolute atomic E-state index is 0.235. The van der Waals surface area contributed by atoms with Crippen molar-refractivity contribution in [2.75, 3.05) is 13.5 Å². The van der Waals surface area contributed by atoms with E-state index in [1.54, 1.807) is 6.92 Å². The number of amides is 1. The summed E-state index contributed by atoms with van der Waals surface area (Å²) in [7, 11) is 0. The summed E-state index contributed by atoms with van der Waals surface area (Å²) >= 11 is 0. The molecule has 0 aromatic rings. The fourth-order valence-corrected chi connectivity index (χ4v) is 2.57. The second kappa shape index (κ2) is 11.0. The summed E-state index contributed by atoms with van der Waals surface area (Å²) in [4.78, 5) is 24.5. The molecule has 0 spiro atoms. The van der Waals surface area contributed by atoms with E-state index in [2.05, 4.69) is 5.32 Å². The first kappa shape index (κ1) is 15.0. The second-order valence-corrected chi connectivity index (χ2v) is 6.15. The zero-order valence-corrected chi connectivity index (χ0v) is 14.0. The van der Waals surface area contributed by atoms with Crippen molar-refractivity contribution in [2.45, 2.75) is 77.2 Å². The summed E-state index contributed by atoms with van der Waals surface area (Å²) in [5.41, 5.74) is 0. The molecule has 1 amide bonds. The zero-order chi connectivity index (χ0) is 19.6. The second-order valence-electron chi connectivity index (χ2n) is 6.15. The van der Waals surface area contributed by atoms with E-state index in [0.29, 0.717) is 11.3 Å². The maximum absolute atomic E-state index is 12.0. The fourth-order valence-electron chi connectivity index (χ4n) is 2.57. The largest absolute Gasteiger partial charge is 0.461 e. The average molecular weight is 328 g/mol. The molecule has 1 rings (SSSR count). The number of esters is 1. The molecule has 1 fully saturated rings. The predicted molar refractivity (Wildman–Crippen MR) is 90.2 cm³/mol. The van der Waals surface area contributed by atoms with Gasteiger partial charge in [-0.2, -0.15) is 0 Å². The highest BCUT2D eigenvalue weighted by Crippen LogP contribution is 2.12. The molecule has 0 unspecified atom stereocenters. The first-order valence-corrected chi connectivity index (χ1v) is 8.55. The van der Waals surface area contributed by atoms with Crippen molar-refractivity contribution in [3.63, 3.8) is 0 Å². The van der Waals surface area contributed by atoms with Crippen LogP contribution in [0.25, 0.3) is 0 Å². The SMILES string of the molecule is [2H]C([2H])([2H])N1CC(=O)O[C@H](C)CCCCCCCCCCC(=O)NC1=N. The number of rotatable bonds is 0. The van der Waals surface area contributed by atoms with Gasteiger partial charge in [-0.05, 0) is 26.2 Å². The molecule has 23 heavy (non-hydrogen) atoms. The third kappa shape index (κ3) is 9.21. The van der Waals surface area contributed by atoms with Crippen molar-refractivity contribution >= 4 is 17.8 Å². The minimum Gasteiger partial charge on any atom is -0.461 e. The van der Waals surface area contributed by atoms with Gasteiger partial charge in [0.15, 0.2) is 5.96 Å². The quantitative estimate of drug-likeness (QED) is 0.670. The first-order valence-electron chi connectivity index (χ1n) is 10.1. The molecule has 6 nitrogen and oxygen atoms in total. The highest BCUT2D eigenvalue weighted by molar-refractivity contribution is 5.96. The monoisotopic (exact) mass is 328 g/mol. The molecule has 132 valence electrons. The molecule has 0 aliphatic carbocycles. The average Bonchev–Trinajstić information content (AvgIpc) is 2.52. The number of guanidine groups is 1. The van der Waals surface area contributed by atoms with Gasteiger partial charge in [-0.1, -0.05) is 38.5 Å². The van der Waals surface area contributed by atoms with Gasteiger partial charge < -0.3 is 9.64 Å². The highest BCUT2D eigenvalue weighted by Gasteiger charge is 2.15. The van der Waals surface area contributed by atoms with Crippen LogP contribution in [-0.4, -0.2) is 42.4 Å². The maximum atomic E-state index is 12.0. The third-order valence-corrected chi connectivity index (χ3v) is 3.91. The molecule has 0 aromatic heterocycles. The van der Waals surface area contributed by atoms with Crippen molar-refractivity contribution in [3.05, 3.63) is 0 Å². The Morgan fingerprint density at radius 2 is 1.74 bits per heavy atom. The molecule has 0 radical (unpaired) electrons. The van der Waals surface area contributed by atoms with Crippen LogP contribution in [0.3, 0.4) is 0 Å². The van der Waals surface area contributed by atoms with Gasteiger partial charge in [-0.3, -0.25) is 20.3 Å². The van der Waals surface area contributed by atoms with Crippen LogP contribution in [0.15, 0.2) is 0 Å². The van der Waals surface area contributed by atoms with E-state index in [4.69, 9.17) is 14.3 Å². The molecule has 1 saturated heterocycles. The van der Waals surface area contributed by atoms with E-state index in [0.717, 1.165) is 44.9 Å². The lowest BCUT2D eigenvalue weighted by molar-refractivity contribution is -0.148. The Balaban J connectivity index is 2.74. The highest BCUT2D eigenvalue weighted by atomic mass is 16.5. The molecular formula is C17H31N3O3. The molecular weight excluding hydrogens is 294 g/mol. The number of hydrogen-bond acceptors (Lipinski definition) is 4. The summed E-state index contributed by atoms with van der Waals surface area (Å²) in [5.74, 6) is -1.72. The number of nitrogens with one attached hydrogen (secondary N) is 2. The van der Waals surface area contributed by atoms with Gasteiger partial charge in [0.1, 0.15) is 6.54 Å². The van der Waals surface area contributed by atoms with Gasteiger partial charge in [0.05, 0.1) is 6.10 Å². The zero-order valence-electron chi connectivity index (χ0n) is 17.0. The smallest absolute Gasteiger partial charge is 0.325 e. The van der Waals surface area contributed by atoms with Crippen LogP contribution >= 0.6 is 0 Å². The van der Waals surface area contributed by atoms with Crippen molar-refractivity contribution in [2.24, 2.45) is 0 Å². The number of nitrogens with zero attached hydrogens (tertiary/aromatic N) is 1. The van der Waals surface area contributed by atoms with E-state index >= 15 is 0 Å². The molecule has 0 bridgehead atoms. The van der Waals surface area contributed by atoms with E-state index in [1.165, 1.54) is 6.42 Å². The summed E-state index contributed by atoms with van der Waals surface area (Å²) in [6, 6.07) is 0. The van der Waals surface area contributed by atoms with Crippen LogP contribution in [0.4, 0.5) is 0 Å². The summed E-state index contributed by atoms with van der Waals surface area (Å²) in [5, 5.41) is 10.1. The van der Waals surface area contributed by atoms with Crippen molar-refractivity contribution in [1.82, 2.24) is 10.2 Å². The van der Waals surface area contributed by atoms with Crippen LogP contribution in [0.1, 0.15) is 75.2 Å². The van der Waals surface area contributed by atoms with Crippen LogP contribution in [0.2, 0.25) is 0 Å². The molecule has 1 atom stereocenters. The Morgan fingerprint density at radius 3 is 2.39 bits per heavy atom. The summed E-state index contributed by atoms with van der Waals surface area (Å²) in [6.45, 7) is -1.53. The van der Waals surface area contributed by atoms with Crippen LogP contribution in [0.5, 0.6) is 0 Å². The van der Waals surface area contributed by atoms with Gasteiger partial charge in [-0.25, -0.2) is 0 Å². The van der Waals surface area contributed by atoms with Gasteiger partial charge in [0.25, 0.3) is 0 Å². The predicted octanol–water partition coefficient (Wildman–Crippen LogP) is 2.82. The molecule has 1 aliphatic heterocycles. The van der Waals surface area contributed by atoms with E-state index in [1.807, 2.05) is 0 Å². The third-order valence-electron chi connectivity index (χ3n) is 3.91. The van der Waals surface area contributed by atoms with Gasteiger partial charge in [-0.15, -0.1) is 0 Å². The Kier molecular flexibility index (Phi) is 7.17. The number of likely N-dealkylation sites (N-methyl/N-ethyl adjacent to an activating group) is 1. The molecule has 0 aromatic carbocycles. The first-order chi connectivity index (χ1) is 12.2. The van der Waals surface area contributed by atoms with Crippen LogP contribution in [-0.2, 0) is 14.3 Å². The lowest BCUT2D eigenvalue weighted by Crippen LogP contribution is -2.44. The van der Waals surface area contributed by atoms with Crippen molar-refractivity contribution in [1.29, 1.82) is 5.41 Å². The van der Waals surface area contributed by atoms with Crippen molar-refractivity contribution < 1.29 is 18.4 Å². The molecule has 1 aliphatic rings. The van der Waals surface area contributed by atoms with Gasteiger partial charge in [0, 0.05) is 17.5 Å². The molecule has 2 N–H and O–H groups in total. The van der Waals surface area contributed by atoms with E-state index < -0.39 is 31.4 Å². The lowest BCUT2D eigenvalue weighted by Gasteiger charge is -2.21. The van der Waals surface area contributed by atoms with E-state index in [9.17, 15) is 9.59 Å². The number of carbonyl (C=O) groups excluding carboxylic acids is 2. The Hall–Kier alpha value is -1.59. The lowest BCUT2D eigenvalue weighted by atomic mass is 10.1. The number of hydrogen-bond donors (Lipinski definition) is 2. The topological polar surface area (TPSA) is 82.5 Å². The fraction of sp³-hybridized carbons (Fsp3) is 0.824. The van der Waals surface area contributed by atoms with Gasteiger partial charge >= 0.3 is 5.97 Å². The summed E-state index contributed by atoms with van der Waals surface area (Å²) < 4.78 is 27.8. The number of carbonyl (C=O) groups is 2. The van der Waals surface area contributed by atoms with Crippen molar-refractivity contribution in [3.8, 4) is 0 Å². The minimum atomic E-state index is -2.71. The van der Waals surface area contributed by atoms with Crippen LogP contribution in [0, 0.1) is 5.41 Å². The Morgan fingerprint density at radius 1 is 1.13 bits per heavy atom. The summed E-state index contributed by atoms with van der Waals surface area (Å²) in [6.07, 6.45) is 8.85. The number of cyclic esters (lactones) is 1. The maximum Gasteiger partial charge on any atom is 0.325 e. The molecule has 1 heterocycles. The Bertz CT molecular complexity index is 484. The number of ether oxygens (including phenoxy) is 1. The van der Waals surface area contributed by atoms with E-state index in [-0.39, 0.29) is 12.5 Å². The van der Waals surface area contributed by atoms with Gasteiger partial charge in [0.2, 0.25) is 5.91 Å². The van der Waals surface area contributed by atoms with Crippen LogP contribution < -0.4 is 5.32 Å². The Labute approximate surface area is 143 Å². The standard InChI is InChI=1S/C17H31N3O3/c1-14-11-9-7-5-3-4-6-8-10-12-15(21)19-17(18)20(2)13-16(22)23-14/h14H,3-13H2,1-2H3,(H2,18,19,21)/t14-/m1/s1/i2D3. The molecule has 6 heteroatoms.